The smallest absolute Gasteiger partial charge is 0.289 e. The van der Waals surface area contributed by atoms with E-state index in [1.807, 2.05) is 6.92 Å². The molecule has 6 heteroatoms. The van der Waals surface area contributed by atoms with Crippen LogP contribution in [0.3, 0.4) is 0 Å². The second-order valence-electron chi connectivity index (χ2n) is 6.38. The number of methoxy groups -OCH3 is 1. The minimum atomic E-state index is -0.352. The molecule has 6 nitrogen and oxygen atoms in total. The van der Waals surface area contributed by atoms with E-state index in [0.29, 0.717) is 6.61 Å². The molecule has 1 heterocycles. The molecule has 1 aromatic rings. The third-order valence-electron chi connectivity index (χ3n) is 5.41. The lowest BCUT2D eigenvalue weighted by atomic mass is 9.50. The molecule has 2 saturated carbocycles. The molecule has 126 valence electrons. The molecule has 2 atom stereocenters. The summed E-state index contributed by atoms with van der Waals surface area (Å²) in [4.78, 5) is 26.2. The third-order valence-corrected chi connectivity index (χ3v) is 5.41. The highest BCUT2D eigenvalue weighted by Crippen LogP contribution is 2.59. The van der Waals surface area contributed by atoms with Crippen molar-refractivity contribution in [2.24, 2.45) is 5.41 Å². The highest BCUT2D eigenvalue weighted by molar-refractivity contribution is 5.91. The molecule has 1 amide bonds. The molecule has 0 unspecified atom stereocenters. The van der Waals surface area contributed by atoms with Crippen LogP contribution in [0.1, 0.15) is 43.2 Å². The zero-order valence-electron chi connectivity index (χ0n) is 13.8. The maximum atomic E-state index is 12.6. The first kappa shape index (κ1) is 16.1. The Morgan fingerprint density at radius 3 is 2.74 bits per heavy atom. The number of hydrogen-bond donors (Lipinski definition) is 0. The molecule has 1 spiro atoms. The average molecular weight is 321 g/mol. The van der Waals surface area contributed by atoms with Crippen LogP contribution < -0.4 is 10.2 Å². The summed E-state index contributed by atoms with van der Waals surface area (Å²) in [7, 11) is 3.17. The van der Waals surface area contributed by atoms with Gasteiger partial charge in [0.2, 0.25) is 11.2 Å². The van der Waals surface area contributed by atoms with E-state index in [1.165, 1.54) is 25.9 Å². The molecule has 0 aromatic carbocycles. The summed E-state index contributed by atoms with van der Waals surface area (Å²) in [5.41, 5.74) is -0.262. The molecule has 1 aromatic heterocycles. The van der Waals surface area contributed by atoms with Gasteiger partial charge in [-0.3, -0.25) is 9.59 Å². The summed E-state index contributed by atoms with van der Waals surface area (Å²) in [6.45, 7) is 2.70. The SMILES string of the molecule is CCO[C@H]1C[C@H](N(C)C(=O)c2cc(=O)c(OC)co2)C12CCC2. The van der Waals surface area contributed by atoms with Crippen molar-refractivity contribution >= 4 is 5.91 Å². The predicted octanol–water partition coefficient (Wildman–Crippen LogP) is 2.07. The molecule has 3 rings (SSSR count). The normalized spacial score (nSPS) is 24.7. The zero-order valence-corrected chi connectivity index (χ0v) is 13.8. The van der Waals surface area contributed by atoms with E-state index in [0.717, 1.165) is 19.3 Å². The van der Waals surface area contributed by atoms with Crippen molar-refractivity contribution in [1.29, 1.82) is 0 Å². The van der Waals surface area contributed by atoms with Crippen LogP contribution in [0.5, 0.6) is 5.75 Å². The van der Waals surface area contributed by atoms with Gasteiger partial charge in [0.15, 0.2) is 5.76 Å². The van der Waals surface area contributed by atoms with Gasteiger partial charge < -0.3 is 18.8 Å². The van der Waals surface area contributed by atoms with Gasteiger partial charge in [0.25, 0.3) is 5.91 Å². The van der Waals surface area contributed by atoms with E-state index in [4.69, 9.17) is 13.9 Å². The summed E-state index contributed by atoms with van der Waals surface area (Å²) in [6.07, 6.45) is 5.63. The summed E-state index contributed by atoms with van der Waals surface area (Å²) in [5.74, 6) is -0.122. The molecule has 0 saturated heterocycles. The van der Waals surface area contributed by atoms with Gasteiger partial charge in [-0.25, -0.2) is 0 Å². The molecule has 0 radical (unpaired) electrons. The summed E-state index contributed by atoms with van der Waals surface area (Å²) in [5, 5.41) is 0. The number of nitrogens with zero attached hydrogens (tertiary/aromatic N) is 1. The van der Waals surface area contributed by atoms with Gasteiger partial charge in [0.1, 0.15) is 6.26 Å². The van der Waals surface area contributed by atoms with E-state index < -0.39 is 0 Å². The fraction of sp³-hybridized carbons (Fsp3) is 0.647. The van der Waals surface area contributed by atoms with E-state index >= 15 is 0 Å². The van der Waals surface area contributed by atoms with Crippen LogP contribution in [0.2, 0.25) is 0 Å². The van der Waals surface area contributed by atoms with E-state index in [9.17, 15) is 9.59 Å². The molecule has 0 bridgehead atoms. The average Bonchev–Trinajstić information content (AvgIpc) is 2.48. The molecule has 0 aliphatic heterocycles. The number of carbonyl (C=O) groups is 1. The summed E-state index contributed by atoms with van der Waals surface area (Å²) in [6, 6.07) is 1.34. The van der Waals surface area contributed by atoms with Crippen LogP contribution in [0.4, 0.5) is 0 Å². The molecule has 23 heavy (non-hydrogen) atoms. The lowest BCUT2D eigenvalue weighted by molar-refractivity contribution is -0.192. The lowest BCUT2D eigenvalue weighted by Gasteiger charge is -2.63. The van der Waals surface area contributed by atoms with Crippen molar-refractivity contribution in [3.05, 3.63) is 28.3 Å². The predicted molar refractivity (Wildman–Crippen MR) is 83.7 cm³/mol. The Labute approximate surface area is 135 Å². The van der Waals surface area contributed by atoms with Gasteiger partial charge in [-0.05, 0) is 26.2 Å². The van der Waals surface area contributed by atoms with E-state index in [2.05, 4.69) is 0 Å². The number of carbonyl (C=O) groups excluding carboxylic acids is 1. The van der Waals surface area contributed by atoms with Gasteiger partial charge in [-0.2, -0.15) is 0 Å². The number of ether oxygens (including phenoxy) is 2. The largest absolute Gasteiger partial charge is 0.490 e. The van der Waals surface area contributed by atoms with Crippen molar-refractivity contribution in [3.8, 4) is 5.75 Å². The molecule has 2 fully saturated rings. The number of rotatable bonds is 5. The Morgan fingerprint density at radius 1 is 1.48 bits per heavy atom. The van der Waals surface area contributed by atoms with E-state index in [-0.39, 0.29) is 40.4 Å². The highest BCUT2D eigenvalue weighted by atomic mass is 16.5. The Hall–Kier alpha value is -1.82. The van der Waals surface area contributed by atoms with Crippen LogP contribution in [-0.2, 0) is 4.74 Å². The van der Waals surface area contributed by atoms with Crippen molar-refractivity contribution in [3.63, 3.8) is 0 Å². The van der Waals surface area contributed by atoms with Crippen molar-refractivity contribution in [2.45, 2.75) is 44.8 Å². The van der Waals surface area contributed by atoms with Crippen molar-refractivity contribution in [2.75, 3.05) is 20.8 Å². The van der Waals surface area contributed by atoms with Gasteiger partial charge >= 0.3 is 0 Å². The molecular formula is C17H23NO5. The second kappa shape index (κ2) is 6.00. The maximum Gasteiger partial charge on any atom is 0.289 e. The number of amides is 1. The minimum absolute atomic E-state index is 0.0487. The highest BCUT2D eigenvalue weighted by Gasteiger charge is 2.61. The van der Waals surface area contributed by atoms with Gasteiger partial charge in [-0.15, -0.1) is 0 Å². The second-order valence-corrected chi connectivity index (χ2v) is 6.38. The molecule has 2 aliphatic rings. The lowest BCUT2D eigenvalue weighted by Crippen LogP contribution is -2.67. The first-order chi connectivity index (χ1) is 11.0. The fourth-order valence-corrected chi connectivity index (χ4v) is 3.92. The Bertz CT molecular complexity index is 649. The maximum absolute atomic E-state index is 12.6. The fourth-order valence-electron chi connectivity index (χ4n) is 3.92. The van der Waals surface area contributed by atoms with Crippen molar-refractivity contribution < 1.29 is 18.7 Å². The first-order valence-corrected chi connectivity index (χ1v) is 8.09. The van der Waals surface area contributed by atoms with Crippen molar-refractivity contribution in [1.82, 2.24) is 4.90 Å². The standard InChI is InChI=1S/C17H23NO5/c1-4-22-15-9-14(17(15)6-5-7-17)18(2)16(20)12-8-11(19)13(21-3)10-23-12/h8,10,14-15H,4-7,9H2,1-3H3/t14-,15-/m0/s1. The van der Waals surface area contributed by atoms with Crippen LogP contribution in [-0.4, -0.2) is 43.7 Å². The molecule has 2 aliphatic carbocycles. The van der Waals surface area contributed by atoms with Crippen LogP contribution in [0, 0.1) is 5.41 Å². The quantitative estimate of drug-likeness (QED) is 0.830. The third kappa shape index (κ3) is 2.45. The van der Waals surface area contributed by atoms with Gasteiger partial charge in [0.05, 0.1) is 13.2 Å². The van der Waals surface area contributed by atoms with Gasteiger partial charge in [-0.1, -0.05) is 6.42 Å². The van der Waals surface area contributed by atoms with Crippen LogP contribution in [0.15, 0.2) is 21.5 Å². The monoisotopic (exact) mass is 321 g/mol. The van der Waals surface area contributed by atoms with Crippen LogP contribution in [0.25, 0.3) is 0 Å². The molecular weight excluding hydrogens is 298 g/mol. The molecule has 0 N–H and O–H groups in total. The Kier molecular flexibility index (Phi) is 4.19. The van der Waals surface area contributed by atoms with Crippen LogP contribution >= 0.6 is 0 Å². The summed E-state index contributed by atoms with van der Waals surface area (Å²) < 4.78 is 16.0. The first-order valence-electron chi connectivity index (χ1n) is 8.09. The Morgan fingerprint density at radius 2 is 2.22 bits per heavy atom. The zero-order chi connectivity index (χ0) is 16.6. The number of hydrogen-bond acceptors (Lipinski definition) is 5. The van der Waals surface area contributed by atoms with E-state index in [1.54, 1.807) is 11.9 Å². The Balaban J connectivity index is 1.76. The topological polar surface area (TPSA) is 69.0 Å². The summed E-state index contributed by atoms with van der Waals surface area (Å²) >= 11 is 0. The minimum Gasteiger partial charge on any atom is -0.490 e. The van der Waals surface area contributed by atoms with Gasteiger partial charge in [0, 0.05) is 31.2 Å².